The summed E-state index contributed by atoms with van der Waals surface area (Å²) in [7, 11) is 0. The standard InChI is InChI=1S/C13H12FNO3/c14-10-3-1-9(2-4-10)11(16)7-8-15-12(17)5-6-13(15)18/h1-4H,5-8H2. The molecule has 1 aromatic carbocycles. The molecule has 0 aliphatic carbocycles. The summed E-state index contributed by atoms with van der Waals surface area (Å²) < 4.78 is 12.7. The largest absolute Gasteiger partial charge is 0.294 e. The Bertz CT molecular complexity index is 479. The normalized spacial score (nSPS) is 15.3. The number of halogens is 1. The van der Waals surface area contributed by atoms with Crippen LogP contribution in [0.1, 0.15) is 29.6 Å². The second kappa shape index (κ2) is 5.08. The zero-order valence-corrected chi connectivity index (χ0v) is 9.69. The highest BCUT2D eigenvalue weighted by atomic mass is 19.1. The molecular weight excluding hydrogens is 237 g/mol. The van der Waals surface area contributed by atoms with Crippen LogP contribution in [0, 0.1) is 5.82 Å². The van der Waals surface area contributed by atoms with E-state index in [4.69, 9.17) is 0 Å². The highest BCUT2D eigenvalue weighted by Crippen LogP contribution is 2.13. The van der Waals surface area contributed by atoms with Gasteiger partial charge in [0.25, 0.3) is 0 Å². The Morgan fingerprint density at radius 2 is 1.67 bits per heavy atom. The fraction of sp³-hybridized carbons (Fsp3) is 0.308. The monoisotopic (exact) mass is 249 g/mol. The van der Waals surface area contributed by atoms with Crippen molar-refractivity contribution in [1.82, 2.24) is 4.90 Å². The topological polar surface area (TPSA) is 54.5 Å². The third-order valence-corrected chi connectivity index (χ3v) is 2.88. The van der Waals surface area contributed by atoms with Gasteiger partial charge in [0, 0.05) is 31.4 Å². The fourth-order valence-corrected chi connectivity index (χ4v) is 1.87. The van der Waals surface area contributed by atoms with Crippen LogP contribution in [-0.4, -0.2) is 29.0 Å². The van der Waals surface area contributed by atoms with Crippen molar-refractivity contribution in [3.05, 3.63) is 35.6 Å². The summed E-state index contributed by atoms with van der Waals surface area (Å²) in [6, 6.07) is 5.20. The van der Waals surface area contributed by atoms with Crippen LogP contribution in [0.2, 0.25) is 0 Å². The summed E-state index contributed by atoms with van der Waals surface area (Å²) in [5.41, 5.74) is 0.385. The number of rotatable bonds is 4. The average molecular weight is 249 g/mol. The van der Waals surface area contributed by atoms with Gasteiger partial charge in [-0.15, -0.1) is 0 Å². The number of Topliss-reactive ketones (excluding diaryl/α,β-unsaturated/α-hetero) is 1. The highest BCUT2D eigenvalue weighted by Gasteiger charge is 2.28. The Labute approximate surface area is 103 Å². The van der Waals surface area contributed by atoms with Crippen molar-refractivity contribution < 1.29 is 18.8 Å². The molecule has 1 heterocycles. The Morgan fingerprint density at radius 3 is 2.22 bits per heavy atom. The maximum atomic E-state index is 12.7. The molecule has 0 saturated carbocycles. The molecule has 1 saturated heterocycles. The second-order valence-electron chi connectivity index (χ2n) is 4.12. The lowest BCUT2D eigenvalue weighted by molar-refractivity contribution is -0.138. The number of ketones is 1. The summed E-state index contributed by atoms with van der Waals surface area (Å²) >= 11 is 0. The molecule has 0 N–H and O–H groups in total. The van der Waals surface area contributed by atoms with E-state index in [1.807, 2.05) is 0 Å². The molecule has 1 aliphatic rings. The fourth-order valence-electron chi connectivity index (χ4n) is 1.87. The van der Waals surface area contributed by atoms with Gasteiger partial charge in [0.05, 0.1) is 0 Å². The lowest BCUT2D eigenvalue weighted by atomic mass is 10.1. The SMILES string of the molecule is O=C(CCN1C(=O)CCC1=O)c1ccc(F)cc1. The Hall–Kier alpha value is -2.04. The van der Waals surface area contributed by atoms with Gasteiger partial charge < -0.3 is 0 Å². The average Bonchev–Trinajstić information content (AvgIpc) is 2.67. The first kappa shape index (κ1) is 12.4. The number of benzene rings is 1. The van der Waals surface area contributed by atoms with Crippen molar-refractivity contribution in [1.29, 1.82) is 0 Å². The van der Waals surface area contributed by atoms with Crippen molar-refractivity contribution in [3.8, 4) is 0 Å². The van der Waals surface area contributed by atoms with Crippen LogP contribution in [0.15, 0.2) is 24.3 Å². The number of hydrogen-bond acceptors (Lipinski definition) is 3. The molecule has 1 fully saturated rings. The van der Waals surface area contributed by atoms with Crippen LogP contribution in [-0.2, 0) is 9.59 Å². The van der Waals surface area contributed by atoms with E-state index in [0.717, 1.165) is 4.90 Å². The number of amides is 2. The van der Waals surface area contributed by atoms with Crippen LogP contribution >= 0.6 is 0 Å². The van der Waals surface area contributed by atoms with Gasteiger partial charge in [-0.3, -0.25) is 19.3 Å². The van der Waals surface area contributed by atoms with Gasteiger partial charge in [0.15, 0.2) is 5.78 Å². The van der Waals surface area contributed by atoms with E-state index < -0.39 is 5.82 Å². The maximum absolute atomic E-state index is 12.7. The molecule has 0 aromatic heterocycles. The minimum Gasteiger partial charge on any atom is -0.294 e. The summed E-state index contributed by atoms with van der Waals surface area (Å²) in [4.78, 5) is 35.5. The van der Waals surface area contributed by atoms with E-state index in [1.54, 1.807) is 0 Å². The first-order valence-electron chi connectivity index (χ1n) is 5.70. The van der Waals surface area contributed by atoms with Gasteiger partial charge in [0.1, 0.15) is 5.82 Å². The zero-order chi connectivity index (χ0) is 13.1. The predicted octanol–water partition coefficient (Wildman–Crippen LogP) is 1.55. The third kappa shape index (κ3) is 2.61. The zero-order valence-electron chi connectivity index (χ0n) is 9.69. The molecule has 1 aliphatic heterocycles. The van der Waals surface area contributed by atoms with Gasteiger partial charge >= 0.3 is 0 Å². The molecule has 4 nitrogen and oxygen atoms in total. The van der Waals surface area contributed by atoms with Crippen LogP contribution in [0.3, 0.4) is 0 Å². The smallest absolute Gasteiger partial charge is 0.229 e. The van der Waals surface area contributed by atoms with E-state index in [2.05, 4.69) is 0 Å². The first-order chi connectivity index (χ1) is 8.58. The molecule has 5 heteroatoms. The van der Waals surface area contributed by atoms with E-state index in [9.17, 15) is 18.8 Å². The van der Waals surface area contributed by atoms with Gasteiger partial charge in [-0.05, 0) is 24.3 Å². The number of hydrogen-bond donors (Lipinski definition) is 0. The molecule has 0 unspecified atom stereocenters. The third-order valence-electron chi connectivity index (χ3n) is 2.88. The van der Waals surface area contributed by atoms with Gasteiger partial charge in [0.2, 0.25) is 11.8 Å². The number of likely N-dealkylation sites (tertiary alicyclic amines) is 1. The van der Waals surface area contributed by atoms with Gasteiger partial charge in [-0.25, -0.2) is 4.39 Å². The first-order valence-corrected chi connectivity index (χ1v) is 5.70. The summed E-state index contributed by atoms with van der Waals surface area (Å²) in [6.07, 6.45) is 0.524. The van der Waals surface area contributed by atoms with E-state index in [1.165, 1.54) is 24.3 Å². The van der Waals surface area contributed by atoms with E-state index >= 15 is 0 Å². The van der Waals surface area contributed by atoms with Crippen LogP contribution in [0.25, 0.3) is 0 Å². The minimum atomic E-state index is -0.406. The van der Waals surface area contributed by atoms with E-state index in [0.29, 0.717) is 5.56 Å². The number of carbonyl (C=O) groups is 3. The minimum absolute atomic E-state index is 0.0725. The molecule has 0 spiro atoms. The lowest BCUT2D eigenvalue weighted by Gasteiger charge is -2.12. The molecular formula is C13H12FNO3. The number of imide groups is 1. The highest BCUT2D eigenvalue weighted by molar-refractivity contribution is 6.03. The van der Waals surface area contributed by atoms with Gasteiger partial charge in [-0.1, -0.05) is 0 Å². The molecule has 1 aromatic rings. The van der Waals surface area contributed by atoms with Crippen LogP contribution in [0.5, 0.6) is 0 Å². The Balaban J connectivity index is 1.94. The molecule has 0 bridgehead atoms. The van der Waals surface area contributed by atoms with E-state index in [-0.39, 0.29) is 43.4 Å². The molecule has 2 amide bonds. The number of nitrogens with zero attached hydrogens (tertiary/aromatic N) is 1. The van der Waals surface area contributed by atoms with Crippen LogP contribution < -0.4 is 0 Å². The maximum Gasteiger partial charge on any atom is 0.229 e. The summed E-state index contributed by atoms with van der Waals surface area (Å²) in [5.74, 6) is -1.07. The molecule has 94 valence electrons. The van der Waals surface area contributed by atoms with Crippen molar-refractivity contribution in [2.75, 3.05) is 6.54 Å². The molecule has 0 atom stereocenters. The Morgan fingerprint density at radius 1 is 1.11 bits per heavy atom. The summed E-state index contributed by atoms with van der Waals surface area (Å²) in [6.45, 7) is 0.105. The van der Waals surface area contributed by atoms with Crippen molar-refractivity contribution in [2.45, 2.75) is 19.3 Å². The molecule has 18 heavy (non-hydrogen) atoms. The molecule has 2 rings (SSSR count). The lowest BCUT2D eigenvalue weighted by Crippen LogP contribution is -2.31. The second-order valence-corrected chi connectivity index (χ2v) is 4.12. The van der Waals surface area contributed by atoms with Crippen molar-refractivity contribution in [2.24, 2.45) is 0 Å². The van der Waals surface area contributed by atoms with Crippen LogP contribution in [0.4, 0.5) is 4.39 Å². The van der Waals surface area contributed by atoms with Crippen molar-refractivity contribution in [3.63, 3.8) is 0 Å². The predicted molar refractivity (Wildman–Crippen MR) is 61.3 cm³/mol. The van der Waals surface area contributed by atoms with Crippen molar-refractivity contribution >= 4 is 17.6 Å². The quantitative estimate of drug-likeness (QED) is 0.601. The summed E-state index contributed by atoms with van der Waals surface area (Å²) in [5, 5.41) is 0. The Kier molecular flexibility index (Phi) is 3.50. The number of carbonyl (C=O) groups excluding carboxylic acids is 3. The molecule has 0 radical (unpaired) electrons. The van der Waals surface area contributed by atoms with Gasteiger partial charge in [-0.2, -0.15) is 0 Å².